The third-order valence-corrected chi connectivity index (χ3v) is 4.33. The first-order chi connectivity index (χ1) is 12.3. The molecule has 0 spiro atoms. The van der Waals surface area contributed by atoms with Crippen molar-refractivity contribution in [2.75, 3.05) is 25.1 Å². The standard InChI is InChI=1S/C16H20N8O/c1-11-14(20-21-16-19-13(10-25-2)22-24(11)16)12-6-7-17-15(18-12)23-8-4-3-5-9-23/h6-7H,3-5,8-10H2,1-2H3. The zero-order chi connectivity index (χ0) is 17.2. The van der Waals surface area contributed by atoms with Crippen LogP contribution in [0.3, 0.4) is 0 Å². The highest BCUT2D eigenvalue weighted by Crippen LogP contribution is 2.22. The minimum absolute atomic E-state index is 0.338. The molecule has 0 aromatic carbocycles. The van der Waals surface area contributed by atoms with Gasteiger partial charge in [0.15, 0.2) is 5.82 Å². The predicted octanol–water partition coefficient (Wildman–Crippen LogP) is 1.42. The van der Waals surface area contributed by atoms with Crippen molar-refractivity contribution in [3.63, 3.8) is 0 Å². The van der Waals surface area contributed by atoms with E-state index in [1.807, 2.05) is 13.0 Å². The van der Waals surface area contributed by atoms with E-state index in [4.69, 9.17) is 9.72 Å². The van der Waals surface area contributed by atoms with E-state index in [2.05, 4.69) is 30.2 Å². The van der Waals surface area contributed by atoms with Gasteiger partial charge >= 0.3 is 0 Å². The molecule has 1 fully saturated rings. The van der Waals surface area contributed by atoms with Crippen LogP contribution in [-0.4, -0.2) is 55.0 Å². The normalized spacial score (nSPS) is 15.0. The molecule has 3 aromatic heterocycles. The van der Waals surface area contributed by atoms with Gasteiger partial charge in [-0.25, -0.2) is 9.97 Å². The number of methoxy groups -OCH3 is 1. The van der Waals surface area contributed by atoms with Crippen molar-refractivity contribution in [1.82, 2.24) is 34.8 Å². The molecule has 1 saturated heterocycles. The number of anilines is 1. The Morgan fingerprint density at radius 2 is 1.96 bits per heavy atom. The molecule has 0 N–H and O–H groups in total. The summed E-state index contributed by atoms with van der Waals surface area (Å²) < 4.78 is 6.76. The number of aryl methyl sites for hydroxylation is 1. The van der Waals surface area contributed by atoms with E-state index in [9.17, 15) is 0 Å². The SMILES string of the molecule is COCc1nc2nnc(-c3ccnc(N4CCCCC4)n3)c(C)n2n1. The monoisotopic (exact) mass is 340 g/mol. The van der Waals surface area contributed by atoms with Crippen molar-refractivity contribution < 1.29 is 4.74 Å². The molecule has 0 saturated carbocycles. The van der Waals surface area contributed by atoms with Crippen molar-refractivity contribution in [1.29, 1.82) is 0 Å². The average molecular weight is 340 g/mol. The van der Waals surface area contributed by atoms with E-state index in [0.29, 0.717) is 23.9 Å². The molecule has 0 atom stereocenters. The van der Waals surface area contributed by atoms with Crippen LogP contribution >= 0.6 is 0 Å². The van der Waals surface area contributed by atoms with Crippen LogP contribution in [-0.2, 0) is 11.3 Å². The summed E-state index contributed by atoms with van der Waals surface area (Å²) in [5.74, 6) is 1.78. The summed E-state index contributed by atoms with van der Waals surface area (Å²) in [5.41, 5.74) is 2.26. The molecule has 9 heteroatoms. The molecule has 9 nitrogen and oxygen atoms in total. The van der Waals surface area contributed by atoms with Gasteiger partial charge < -0.3 is 9.64 Å². The molecule has 0 bridgehead atoms. The number of fused-ring (bicyclic) bond motifs is 1. The summed E-state index contributed by atoms with van der Waals surface area (Å²) in [6.07, 6.45) is 5.40. The first-order valence-electron chi connectivity index (χ1n) is 8.42. The second-order valence-electron chi connectivity index (χ2n) is 6.10. The second-order valence-corrected chi connectivity index (χ2v) is 6.10. The molecular formula is C16H20N8O. The highest BCUT2D eigenvalue weighted by Gasteiger charge is 2.17. The van der Waals surface area contributed by atoms with E-state index in [0.717, 1.165) is 30.4 Å². The molecule has 0 radical (unpaired) electrons. The van der Waals surface area contributed by atoms with Crippen molar-refractivity contribution in [3.8, 4) is 11.4 Å². The maximum Gasteiger partial charge on any atom is 0.272 e. The van der Waals surface area contributed by atoms with Crippen LogP contribution in [0.15, 0.2) is 12.3 Å². The van der Waals surface area contributed by atoms with Gasteiger partial charge in [-0.05, 0) is 32.3 Å². The zero-order valence-electron chi connectivity index (χ0n) is 14.4. The average Bonchev–Trinajstić information content (AvgIpc) is 3.07. The lowest BCUT2D eigenvalue weighted by atomic mass is 10.1. The van der Waals surface area contributed by atoms with Crippen LogP contribution in [0.4, 0.5) is 5.95 Å². The number of hydrogen-bond acceptors (Lipinski definition) is 8. The Hall–Kier alpha value is -2.68. The summed E-state index contributed by atoms with van der Waals surface area (Å²) >= 11 is 0. The fraction of sp³-hybridized carbons (Fsp3) is 0.500. The van der Waals surface area contributed by atoms with Crippen LogP contribution in [0.25, 0.3) is 17.2 Å². The first kappa shape index (κ1) is 15.8. The first-order valence-corrected chi connectivity index (χ1v) is 8.42. The number of aromatic nitrogens is 7. The molecule has 3 aromatic rings. The minimum Gasteiger partial charge on any atom is -0.377 e. The summed E-state index contributed by atoms with van der Waals surface area (Å²) in [6.45, 7) is 4.27. The molecule has 25 heavy (non-hydrogen) atoms. The fourth-order valence-corrected chi connectivity index (χ4v) is 3.06. The Labute approximate surface area is 145 Å². The van der Waals surface area contributed by atoms with Crippen LogP contribution in [0.1, 0.15) is 30.8 Å². The van der Waals surface area contributed by atoms with E-state index < -0.39 is 0 Å². The third-order valence-electron chi connectivity index (χ3n) is 4.33. The molecule has 1 aliphatic rings. The summed E-state index contributed by atoms with van der Waals surface area (Å²) in [5, 5.41) is 12.9. The van der Waals surface area contributed by atoms with Gasteiger partial charge in [0.25, 0.3) is 5.78 Å². The topological polar surface area (TPSA) is 94.2 Å². The van der Waals surface area contributed by atoms with Gasteiger partial charge in [-0.1, -0.05) is 0 Å². The molecule has 4 rings (SSSR count). The third kappa shape index (κ3) is 3.02. The van der Waals surface area contributed by atoms with Gasteiger partial charge in [-0.3, -0.25) is 0 Å². The van der Waals surface area contributed by atoms with Crippen LogP contribution in [0.2, 0.25) is 0 Å². The zero-order valence-corrected chi connectivity index (χ0v) is 14.4. The van der Waals surface area contributed by atoms with Gasteiger partial charge in [0.2, 0.25) is 5.95 Å². The van der Waals surface area contributed by atoms with Crippen molar-refractivity contribution in [2.45, 2.75) is 32.8 Å². The van der Waals surface area contributed by atoms with E-state index in [1.165, 1.54) is 19.3 Å². The molecule has 1 aliphatic heterocycles. The van der Waals surface area contributed by atoms with Gasteiger partial charge in [0.1, 0.15) is 12.3 Å². The van der Waals surface area contributed by atoms with Crippen LogP contribution in [0.5, 0.6) is 0 Å². The number of piperidine rings is 1. The van der Waals surface area contributed by atoms with Crippen LogP contribution in [0, 0.1) is 6.92 Å². The van der Waals surface area contributed by atoms with Gasteiger partial charge in [0.05, 0.1) is 11.4 Å². The smallest absolute Gasteiger partial charge is 0.272 e. The summed E-state index contributed by atoms with van der Waals surface area (Å²) in [7, 11) is 1.61. The highest BCUT2D eigenvalue weighted by atomic mass is 16.5. The Morgan fingerprint density at radius 1 is 1.12 bits per heavy atom. The molecular weight excluding hydrogens is 320 g/mol. The summed E-state index contributed by atoms with van der Waals surface area (Å²) in [6, 6.07) is 1.85. The molecule has 0 unspecified atom stereocenters. The van der Waals surface area contributed by atoms with Gasteiger partial charge in [-0.15, -0.1) is 15.3 Å². The van der Waals surface area contributed by atoms with Crippen molar-refractivity contribution in [2.24, 2.45) is 0 Å². The summed E-state index contributed by atoms with van der Waals surface area (Å²) in [4.78, 5) is 15.7. The maximum atomic E-state index is 5.08. The van der Waals surface area contributed by atoms with Gasteiger partial charge in [0, 0.05) is 26.4 Å². The van der Waals surface area contributed by atoms with Crippen molar-refractivity contribution in [3.05, 3.63) is 23.8 Å². The molecule has 0 aliphatic carbocycles. The lowest BCUT2D eigenvalue weighted by Crippen LogP contribution is -2.31. The van der Waals surface area contributed by atoms with E-state index in [-0.39, 0.29) is 0 Å². The Balaban J connectivity index is 1.72. The largest absolute Gasteiger partial charge is 0.377 e. The predicted molar refractivity (Wildman–Crippen MR) is 91.1 cm³/mol. The number of rotatable bonds is 4. The highest BCUT2D eigenvalue weighted by molar-refractivity contribution is 5.58. The van der Waals surface area contributed by atoms with Crippen molar-refractivity contribution >= 4 is 11.7 Å². The Kier molecular flexibility index (Phi) is 4.22. The number of hydrogen-bond donors (Lipinski definition) is 0. The minimum atomic E-state index is 0.338. The number of nitrogens with zero attached hydrogens (tertiary/aromatic N) is 8. The van der Waals surface area contributed by atoms with E-state index >= 15 is 0 Å². The van der Waals surface area contributed by atoms with Gasteiger partial charge in [-0.2, -0.15) is 9.50 Å². The molecule has 0 amide bonds. The molecule has 130 valence electrons. The lowest BCUT2D eigenvalue weighted by molar-refractivity contribution is 0.178. The quantitative estimate of drug-likeness (QED) is 0.704. The number of ether oxygens (including phenoxy) is 1. The maximum absolute atomic E-state index is 5.08. The second kappa shape index (κ2) is 6.67. The fourth-order valence-electron chi connectivity index (χ4n) is 3.06. The Bertz CT molecular complexity index is 887. The molecule has 4 heterocycles. The van der Waals surface area contributed by atoms with E-state index in [1.54, 1.807) is 17.8 Å². The Morgan fingerprint density at radius 3 is 2.76 bits per heavy atom. The van der Waals surface area contributed by atoms with Crippen LogP contribution < -0.4 is 4.90 Å². The lowest BCUT2D eigenvalue weighted by Gasteiger charge is -2.26.